The van der Waals surface area contributed by atoms with E-state index in [0.29, 0.717) is 11.3 Å². The molecule has 0 amide bonds. The first-order chi connectivity index (χ1) is 8.88. The van der Waals surface area contributed by atoms with Crippen molar-refractivity contribution in [3.05, 3.63) is 29.3 Å². The fourth-order valence-corrected chi connectivity index (χ4v) is 3.01. The molecule has 0 aliphatic heterocycles. The number of hydrogen-bond donors (Lipinski definition) is 1. The van der Waals surface area contributed by atoms with Crippen molar-refractivity contribution in [3.63, 3.8) is 0 Å². The summed E-state index contributed by atoms with van der Waals surface area (Å²) in [6.07, 6.45) is 4.53. The van der Waals surface area contributed by atoms with E-state index in [1.807, 2.05) is 0 Å². The smallest absolute Gasteiger partial charge is 0.270 e. The van der Waals surface area contributed by atoms with Crippen LogP contribution in [0.5, 0.6) is 5.75 Å². The summed E-state index contributed by atoms with van der Waals surface area (Å²) in [4.78, 5) is 0. The molecule has 2 nitrogen and oxygen atoms in total. The van der Waals surface area contributed by atoms with Gasteiger partial charge in [0.2, 0.25) is 0 Å². The maximum atomic E-state index is 13.8. The van der Waals surface area contributed by atoms with Gasteiger partial charge in [0.25, 0.3) is 5.92 Å². The summed E-state index contributed by atoms with van der Waals surface area (Å²) in [6, 6.07) is 4.77. The molecule has 1 saturated carbocycles. The van der Waals surface area contributed by atoms with Gasteiger partial charge in [-0.2, -0.15) is 0 Å². The molecule has 0 atom stereocenters. The summed E-state index contributed by atoms with van der Waals surface area (Å²) in [5.41, 5.74) is 6.23. The average molecular weight is 269 g/mol. The molecule has 0 heterocycles. The molecular weight excluding hydrogens is 248 g/mol. The number of hydrogen-bond acceptors (Lipinski definition) is 2. The molecule has 2 N–H and O–H groups in total. The highest BCUT2D eigenvalue weighted by Gasteiger charge is 2.39. The Balaban J connectivity index is 2.58. The zero-order chi connectivity index (χ0) is 14.1. The summed E-state index contributed by atoms with van der Waals surface area (Å²) < 4.78 is 33.0. The Morgan fingerprint density at radius 1 is 1.21 bits per heavy atom. The van der Waals surface area contributed by atoms with Crippen molar-refractivity contribution in [2.24, 2.45) is 5.73 Å². The van der Waals surface area contributed by atoms with Crippen molar-refractivity contribution in [1.82, 2.24) is 0 Å². The van der Waals surface area contributed by atoms with Gasteiger partial charge < -0.3 is 10.5 Å². The third kappa shape index (κ3) is 2.73. The lowest BCUT2D eigenvalue weighted by Gasteiger charge is -2.37. The van der Waals surface area contributed by atoms with Crippen molar-refractivity contribution in [3.8, 4) is 5.75 Å². The van der Waals surface area contributed by atoms with Crippen LogP contribution < -0.4 is 10.5 Å². The topological polar surface area (TPSA) is 35.2 Å². The number of nitrogens with two attached hydrogens (primary N) is 1. The van der Waals surface area contributed by atoms with Gasteiger partial charge in [-0.25, -0.2) is 8.78 Å². The number of rotatable bonds is 3. The second-order valence-electron chi connectivity index (χ2n) is 5.49. The van der Waals surface area contributed by atoms with Gasteiger partial charge in [-0.15, -0.1) is 0 Å². The van der Waals surface area contributed by atoms with Crippen LogP contribution in [-0.4, -0.2) is 7.11 Å². The molecule has 0 unspecified atom stereocenters. The van der Waals surface area contributed by atoms with Crippen LogP contribution in [0.4, 0.5) is 8.78 Å². The van der Waals surface area contributed by atoms with Gasteiger partial charge in [0, 0.05) is 23.6 Å². The molecule has 0 saturated heterocycles. The van der Waals surface area contributed by atoms with Crippen molar-refractivity contribution in [2.45, 2.75) is 50.5 Å². The van der Waals surface area contributed by atoms with Gasteiger partial charge in [-0.3, -0.25) is 0 Å². The standard InChI is InChI=1S/C15H21F2NO/c1-14(16,17)11-7-6-8-12(19-2)13(11)15(18)9-4-3-5-10-15/h6-8H,3-5,9-10,18H2,1-2H3. The van der Waals surface area contributed by atoms with Crippen molar-refractivity contribution >= 4 is 0 Å². The van der Waals surface area contributed by atoms with Gasteiger partial charge in [0.05, 0.1) is 7.11 Å². The van der Waals surface area contributed by atoms with Crippen LogP contribution in [0.2, 0.25) is 0 Å². The van der Waals surface area contributed by atoms with Gasteiger partial charge in [0.15, 0.2) is 0 Å². The van der Waals surface area contributed by atoms with Gasteiger partial charge in [-0.05, 0) is 18.9 Å². The van der Waals surface area contributed by atoms with E-state index >= 15 is 0 Å². The van der Waals surface area contributed by atoms with E-state index in [2.05, 4.69) is 0 Å². The Hall–Kier alpha value is -1.16. The van der Waals surface area contributed by atoms with E-state index < -0.39 is 11.5 Å². The van der Waals surface area contributed by atoms with Crippen LogP contribution in [0.25, 0.3) is 0 Å². The van der Waals surface area contributed by atoms with E-state index in [9.17, 15) is 8.78 Å². The molecule has 1 aromatic carbocycles. The third-order valence-corrected chi connectivity index (χ3v) is 3.96. The van der Waals surface area contributed by atoms with E-state index in [4.69, 9.17) is 10.5 Å². The molecular formula is C15H21F2NO. The first-order valence-corrected chi connectivity index (χ1v) is 6.73. The fourth-order valence-electron chi connectivity index (χ4n) is 3.01. The lowest BCUT2D eigenvalue weighted by molar-refractivity contribution is 0.0144. The van der Waals surface area contributed by atoms with Crippen LogP contribution in [0.15, 0.2) is 18.2 Å². The molecule has 2 rings (SSSR count). The first-order valence-electron chi connectivity index (χ1n) is 6.73. The minimum atomic E-state index is -2.91. The second-order valence-corrected chi connectivity index (χ2v) is 5.49. The third-order valence-electron chi connectivity index (χ3n) is 3.96. The average Bonchev–Trinajstić information content (AvgIpc) is 2.37. The lowest BCUT2D eigenvalue weighted by atomic mass is 9.74. The molecule has 0 radical (unpaired) electrons. The molecule has 19 heavy (non-hydrogen) atoms. The summed E-state index contributed by atoms with van der Waals surface area (Å²) in [7, 11) is 1.50. The largest absolute Gasteiger partial charge is 0.496 e. The SMILES string of the molecule is COc1cccc(C(C)(F)F)c1C1(N)CCCCC1. The second kappa shape index (κ2) is 5.08. The van der Waals surface area contributed by atoms with Crippen LogP contribution in [0, 0.1) is 0 Å². The molecule has 0 bridgehead atoms. The van der Waals surface area contributed by atoms with Crippen LogP contribution in [0.1, 0.15) is 50.2 Å². The highest BCUT2D eigenvalue weighted by atomic mass is 19.3. The minimum Gasteiger partial charge on any atom is -0.496 e. The molecule has 0 aromatic heterocycles. The Kier molecular flexibility index (Phi) is 3.81. The first kappa shape index (κ1) is 14.3. The highest BCUT2D eigenvalue weighted by molar-refractivity contribution is 5.47. The summed E-state index contributed by atoms with van der Waals surface area (Å²) in [5.74, 6) is -2.43. The van der Waals surface area contributed by atoms with E-state index in [-0.39, 0.29) is 5.56 Å². The molecule has 1 aliphatic rings. The maximum absolute atomic E-state index is 13.8. The summed E-state index contributed by atoms with van der Waals surface area (Å²) in [6.45, 7) is 0.914. The lowest BCUT2D eigenvalue weighted by Crippen LogP contribution is -2.40. The summed E-state index contributed by atoms with van der Waals surface area (Å²) in [5, 5.41) is 0. The van der Waals surface area contributed by atoms with Gasteiger partial charge in [-0.1, -0.05) is 31.4 Å². The molecule has 1 aromatic rings. The van der Waals surface area contributed by atoms with Gasteiger partial charge in [0.1, 0.15) is 5.75 Å². The van der Waals surface area contributed by atoms with Crippen molar-refractivity contribution < 1.29 is 13.5 Å². The Morgan fingerprint density at radius 3 is 2.37 bits per heavy atom. The maximum Gasteiger partial charge on any atom is 0.270 e. The molecule has 0 spiro atoms. The van der Waals surface area contributed by atoms with E-state index in [0.717, 1.165) is 39.0 Å². The van der Waals surface area contributed by atoms with E-state index in [1.54, 1.807) is 12.1 Å². The molecule has 4 heteroatoms. The fraction of sp³-hybridized carbons (Fsp3) is 0.600. The monoisotopic (exact) mass is 269 g/mol. The number of methoxy groups -OCH3 is 1. The van der Waals surface area contributed by atoms with Crippen LogP contribution in [-0.2, 0) is 11.5 Å². The Morgan fingerprint density at radius 2 is 1.84 bits per heavy atom. The number of ether oxygens (including phenoxy) is 1. The van der Waals surface area contributed by atoms with Crippen molar-refractivity contribution in [2.75, 3.05) is 7.11 Å². The molecule has 1 fully saturated rings. The number of benzene rings is 1. The quantitative estimate of drug-likeness (QED) is 0.902. The normalized spacial score (nSPS) is 19.2. The minimum absolute atomic E-state index is 0.00347. The van der Waals surface area contributed by atoms with E-state index in [1.165, 1.54) is 13.2 Å². The number of alkyl halides is 2. The zero-order valence-electron chi connectivity index (χ0n) is 11.5. The van der Waals surface area contributed by atoms with Crippen LogP contribution >= 0.6 is 0 Å². The van der Waals surface area contributed by atoms with Gasteiger partial charge >= 0.3 is 0 Å². The predicted molar refractivity (Wildman–Crippen MR) is 71.5 cm³/mol. The van der Waals surface area contributed by atoms with Crippen LogP contribution in [0.3, 0.4) is 0 Å². The van der Waals surface area contributed by atoms with Crippen molar-refractivity contribution in [1.29, 1.82) is 0 Å². The zero-order valence-corrected chi connectivity index (χ0v) is 11.5. The summed E-state index contributed by atoms with van der Waals surface area (Å²) >= 11 is 0. The Bertz CT molecular complexity index is 448. The molecule has 106 valence electrons. The predicted octanol–water partition coefficient (Wildman–Crippen LogP) is 3.93. The Labute approximate surface area is 112 Å². The number of halogens is 2. The highest BCUT2D eigenvalue weighted by Crippen LogP contribution is 2.45. The molecule has 1 aliphatic carbocycles.